The standard InChI is InChI=1S/C15H14ClN5O4/c1-17-13-12-8(3-5-21(14(12)22)15(23,24)25)6-11(20-13)19-10-7-9(16)2-4-18-10/h2-7,23-25H,1H3,(H2,17,18,19,20). The first-order valence-corrected chi connectivity index (χ1v) is 7.48. The summed E-state index contributed by atoms with van der Waals surface area (Å²) in [5.41, 5.74) is -0.825. The van der Waals surface area contributed by atoms with E-state index in [0.717, 1.165) is 6.20 Å². The van der Waals surface area contributed by atoms with E-state index < -0.39 is 11.7 Å². The number of halogens is 1. The van der Waals surface area contributed by atoms with E-state index in [1.807, 2.05) is 0 Å². The van der Waals surface area contributed by atoms with Crippen molar-refractivity contribution in [1.82, 2.24) is 14.5 Å². The van der Waals surface area contributed by atoms with Gasteiger partial charge in [-0.05, 0) is 29.7 Å². The number of anilines is 3. The van der Waals surface area contributed by atoms with Crippen LogP contribution in [-0.2, 0) is 6.10 Å². The molecule has 0 unspecified atom stereocenters. The molecule has 10 heteroatoms. The molecule has 9 nitrogen and oxygen atoms in total. The second kappa shape index (κ2) is 6.30. The van der Waals surface area contributed by atoms with E-state index >= 15 is 0 Å². The zero-order valence-electron chi connectivity index (χ0n) is 12.9. The van der Waals surface area contributed by atoms with Gasteiger partial charge in [-0.15, -0.1) is 0 Å². The summed E-state index contributed by atoms with van der Waals surface area (Å²) in [5, 5.41) is 34.6. The van der Waals surface area contributed by atoms with E-state index in [1.165, 1.54) is 12.3 Å². The Balaban J connectivity index is 2.14. The average Bonchev–Trinajstić information content (AvgIpc) is 2.53. The highest BCUT2D eigenvalue weighted by Gasteiger charge is 2.24. The molecule has 130 valence electrons. The Morgan fingerprint density at radius 2 is 1.96 bits per heavy atom. The SMILES string of the molecule is CNc1nc(Nc2cc(Cl)ccn2)cc2ccn(C(O)(O)O)c(=O)c12. The van der Waals surface area contributed by atoms with Crippen LogP contribution in [0.4, 0.5) is 17.5 Å². The lowest BCUT2D eigenvalue weighted by atomic mass is 10.2. The molecule has 0 spiro atoms. The number of pyridine rings is 3. The number of nitrogens with one attached hydrogen (secondary N) is 2. The molecule has 0 saturated carbocycles. The topological polar surface area (TPSA) is 133 Å². The summed E-state index contributed by atoms with van der Waals surface area (Å²) in [7, 11) is 1.56. The van der Waals surface area contributed by atoms with Gasteiger partial charge in [-0.2, -0.15) is 0 Å². The Hall–Kier alpha value is -2.72. The lowest BCUT2D eigenvalue weighted by Crippen LogP contribution is -2.40. The van der Waals surface area contributed by atoms with Gasteiger partial charge in [-0.3, -0.25) is 4.79 Å². The maximum absolute atomic E-state index is 12.4. The molecule has 3 aromatic rings. The van der Waals surface area contributed by atoms with E-state index in [0.29, 0.717) is 26.6 Å². The normalized spacial score (nSPS) is 11.6. The van der Waals surface area contributed by atoms with E-state index in [4.69, 9.17) is 11.6 Å². The molecule has 3 aromatic heterocycles. The molecule has 0 saturated heterocycles. The Morgan fingerprint density at radius 3 is 2.60 bits per heavy atom. The Bertz CT molecular complexity index is 999. The van der Waals surface area contributed by atoms with Crippen molar-refractivity contribution in [3.05, 3.63) is 52.0 Å². The minimum atomic E-state index is -3.31. The van der Waals surface area contributed by atoms with Gasteiger partial charge in [0.05, 0.1) is 5.39 Å². The third kappa shape index (κ3) is 3.39. The van der Waals surface area contributed by atoms with Gasteiger partial charge < -0.3 is 26.0 Å². The summed E-state index contributed by atoms with van der Waals surface area (Å²) in [6.07, 6.45) is -0.712. The summed E-state index contributed by atoms with van der Waals surface area (Å²) in [5.74, 6) is 1.05. The van der Waals surface area contributed by atoms with Crippen molar-refractivity contribution < 1.29 is 15.3 Å². The van der Waals surface area contributed by atoms with Crippen molar-refractivity contribution in [2.75, 3.05) is 17.7 Å². The predicted molar refractivity (Wildman–Crippen MR) is 92.7 cm³/mol. The number of aromatic nitrogens is 3. The van der Waals surface area contributed by atoms with Crippen LogP contribution in [0.2, 0.25) is 5.02 Å². The van der Waals surface area contributed by atoms with Gasteiger partial charge in [0.15, 0.2) is 0 Å². The summed E-state index contributed by atoms with van der Waals surface area (Å²) in [6.45, 7) is 0. The van der Waals surface area contributed by atoms with Crippen LogP contribution in [0.25, 0.3) is 10.8 Å². The Kier molecular flexibility index (Phi) is 4.31. The maximum atomic E-state index is 12.4. The molecule has 0 amide bonds. The van der Waals surface area contributed by atoms with Gasteiger partial charge in [-0.1, -0.05) is 11.6 Å². The van der Waals surface area contributed by atoms with E-state index in [1.54, 1.807) is 25.2 Å². The van der Waals surface area contributed by atoms with Crippen LogP contribution in [-0.4, -0.2) is 36.9 Å². The number of nitrogens with zero attached hydrogens (tertiary/aromatic N) is 3. The third-order valence-corrected chi connectivity index (χ3v) is 3.66. The van der Waals surface area contributed by atoms with Crippen molar-refractivity contribution in [2.45, 2.75) is 6.10 Å². The van der Waals surface area contributed by atoms with E-state index in [9.17, 15) is 20.1 Å². The largest absolute Gasteiger partial charge is 0.376 e. The minimum absolute atomic E-state index is 0.0797. The van der Waals surface area contributed by atoms with Gasteiger partial charge in [0.1, 0.15) is 17.5 Å². The number of hydrogen-bond donors (Lipinski definition) is 5. The monoisotopic (exact) mass is 363 g/mol. The molecule has 0 aliphatic carbocycles. The Labute approximate surface area is 146 Å². The van der Waals surface area contributed by atoms with Gasteiger partial charge in [0.2, 0.25) is 0 Å². The minimum Gasteiger partial charge on any atom is -0.372 e. The van der Waals surface area contributed by atoms with Crippen LogP contribution in [0, 0.1) is 0 Å². The molecular weight excluding hydrogens is 350 g/mol. The molecule has 0 aromatic carbocycles. The van der Waals surface area contributed by atoms with Crippen molar-refractivity contribution in [1.29, 1.82) is 0 Å². The molecule has 0 radical (unpaired) electrons. The molecule has 0 atom stereocenters. The summed E-state index contributed by atoms with van der Waals surface area (Å²) < 4.78 is 0.378. The van der Waals surface area contributed by atoms with E-state index in [2.05, 4.69) is 20.6 Å². The average molecular weight is 364 g/mol. The van der Waals surface area contributed by atoms with Crippen LogP contribution in [0.5, 0.6) is 0 Å². The first-order chi connectivity index (χ1) is 11.8. The number of rotatable bonds is 4. The summed E-state index contributed by atoms with van der Waals surface area (Å²) in [6, 6.07) is 6.26. The van der Waals surface area contributed by atoms with Crippen LogP contribution in [0.15, 0.2) is 41.5 Å². The Morgan fingerprint density at radius 1 is 1.20 bits per heavy atom. The quantitative estimate of drug-likeness (QED) is 0.429. The van der Waals surface area contributed by atoms with E-state index in [-0.39, 0.29) is 11.2 Å². The second-order valence-corrected chi connectivity index (χ2v) is 5.58. The summed E-state index contributed by atoms with van der Waals surface area (Å²) in [4.78, 5) is 20.8. The highest BCUT2D eigenvalue weighted by molar-refractivity contribution is 6.30. The van der Waals surface area contributed by atoms with Gasteiger partial charge in [0.25, 0.3) is 5.56 Å². The first-order valence-electron chi connectivity index (χ1n) is 7.10. The molecule has 5 N–H and O–H groups in total. The zero-order chi connectivity index (χ0) is 18.2. The summed E-state index contributed by atoms with van der Waals surface area (Å²) >= 11 is 5.92. The zero-order valence-corrected chi connectivity index (χ0v) is 13.7. The van der Waals surface area contributed by atoms with Crippen molar-refractivity contribution in [3.63, 3.8) is 0 Å². The van der Waals surface area contributed by atoms with Gasteiger partial charge in [-0.25, -0.2) is 14.5 Å². The van der Waals surface area contributed by atoms with Crippen molar-refractivity contribution in [2.24, 2.45) is 0 Å². The van der Waals surface area contributed by atoms with Crippen molar-refractivity contribution >= 4 is 39.8 Å². The lowest BCUT2D eigenvalue weighted by Gasteiger charge is -2.18. The molecule has 3 heterocycles. The molecule has 25 heavy (non-hydrogen) atoms. The fourth-order valence-corrected chi connectivity index (χ4v) is 2.51. The highest BCUT2D eigenvalue weighted by Crippen LogP contribution is 2.24. The fraction of sp³-hybridized carbons (Fsp3) is 0.133. The molecule has 0 aliphatic rings. The van der Waals surface area contributed by atoms with Crippen LogP contribution < -0.4 is 16.2 Å². The predicted octanol–water partition coefficient (Wildman–Crippen LogP) is 0.775. The maximum Gasteiger partial charge on any atom is 0.376 e. The number of aliphatic hydroxyl groups is 3. The first kappa shape index (κ1) is 17.1. The molecule has 0 fully saturated rings. The van der Waals surface area contributed by atoms with Crippen LogP contribution >= 0.6 is 11.6 Å². The second-order valence-electron chi connectivity index (χ2n) is 5.15. The number of hydrogen-bond acceptors (Lipinski definition) is 8. The van der Waals surface area contributed by atoms with Crippen LogP contribution in [0.1, 0.15) is 0 Å². The third-order valence-electron chi connectivity index (χ3n) is 3.42. The van der Waals surface area contributed by atoms with Gasteiger partial charge in [0, 0.05) is 24.5 Å². The highest BCUT2D eigenvalue weighted by atomic mass is 35.5. The van der Waals surface area contributed by atoms with Crippen LogP contribution in [0.3, 0.4) is 0 Å². The smallest absolute Gasteiger partial charge is 0.372 e. The fourth-order valence-electron chi connectivity index (χ4n) is 2.35. The van der Waals surface area contributed by atoms with Gasteiger partial charge >= 0.3 is 6.10 Å². The molecule has 0 aliphatic heterocycles. The molecular formula is C15H14ClN5O4. The molecule has 3 rings (SSSR count). The lowest BCUT2D eigenvalue weighted by molar-refractivity contribution is -0.376. The number of fused-ring (bicyclic) bond motifs is 1. The molecule has 0 bridgehead atoms. The van der Waals surface area contributed by atoms with Crippen molar-refractivity contribution in [3.8, 4) is 0 Å².